The zero-order chi connectivity index (χ0) is 10.8. The molecule has 0 aliphatic carbocycles. The Labute approximate surface area is 87.3 Å². The molecule has 0 spiro atoms. The molecule has 0 saturated heterocycles. The van der Waals surface area contributed by atoms with Crippen LogP contribution in [-0.2, 0) is 6.54 Å². The third-order valence-electron chi connectivity index (χ3n) is 2.32. The van der Waals surface area contributed by atoms with Gasteiger partial charge in [0.15, 0.2) is 5.82 Å². The van der Waals surface area contributed by atoms with E-state index in [2.05, 4.69) is 12.0 Å². The average Bonchev–Trinajstić information content (AvgIpc) is 2.26. The van der Waals surface area contributed by atoms with Crippen molar-refractivity contribution in [1.82, 2.24) is 9.78 Å². The van der Waals surface area contributed by atoms with Gasteiger partial charge in [-0.15, -0.1) is 0 Å². The van der Waals surface area contributed by atoms with Crippen molar-refractivity contribution in [1.29, 1.82) is 0 Å². The minimum atomic E-state index is -0.182. The molecule has 0 atom stereocenters. The first-order valence-electron chi connectivity index (χ1n) is 4.99. The van der Waals surface area contributed by atoms with E-state index in [1.807, 2.05) is 18.2 Å². The summed E-state index contributed by atoms with van der Waals surface area (Å²) >= 11 is 0. The average molecular weight is 203 g/mol. The molecule has 4 heteroatoms. The minimum absolute atomic E-state index is 0.0714. The molecule has 1 heterocycles. The smallest absolute Gasteiger partial charge is 0.231 e. The number of hydrogen-bond acceptors (Lipinski definition) is 3. The summed E-state index contributed by atoms with van der Waals surface area (Å²) in [6.07, 6.45) is 0.958. The van der Waals surface area contributed by atoms with Gasteiger partial charge in [-0.05, 0) is 18.6 Å². The summed E-state index contributed by atoms with van der Waals surface area (Å²) in [5.74, 6) is 0.0714. The van der Waals surface area contributed by atoms with Gasteiger partial charge in [0, 0.05) is 6.54 Å². The van der Waals surface area contributed by atoms with Crippen LogP contribution in [0.4, 0.5) is 5.82 Å². The maximum atomic E-state index is 11.7. The molecule has 0 saturated carbocycles. The van der Waals surface area contributed by atoms with Gasteiger partial charge in [-0.1, -0.05) is 19.1 Å². The Kier molecular flexibility index (Phi) is 2.41. The summed E-state index contributed by atoms with van der Waals surface area (Å²) in [6.45, 7) is 2.83. The number of rotatable bonds is 2. The van der Waals surface area contributed by atoms with Crippen LogP contribution in [0.5, 0.6) is 0 Å². The summed E-state index contributed by atoms with van der Waals surface area (Å²) < 4.78 is 1.78. The van der Waals surface area contributed by atoms with Crippen molar-refractivity contribution < 1.29 is 0 Å². The Hall–Kier alpha value is -1.84. The molecule has 2 rings (SSSR count). The van der Waals surface area contributed by atoms with Crippen LogP contribution >= 0.6 is 0 Å². The third-order valence-corrected chi connectivity index (χ3v) is 2.32. The number of nitrogens with two attached hydrogens (primary N) is 1. The molecule has 1 aromatic heterocycles. The Morgan fingerprint density at radius 1 is 1.40 bits per heavy atom. The molecule has 2 aromatic rings. The molecule has 4 nitrogen and oxygen atoms in total. The highest BCUT2D eigenvalue weighted by Gasteiger charge is 2.06. The van der Waals surface area contributed by atoms with E-state index >= 15 is 0 Å². The van der Waals surface area contributed by atoms with Crippen molar-refractivity contribution in [3.8, 4) is 0 Å². The van der Waals surface area contributed by atoms with Crippen LogP contribution < -0.4 is 11.2 Å². The molecule has 0 aliphatic rings. The maximum Gasteiger partial charge on any atom is 0.231 e. The van der Waals surface area contributed by atoms with Gasteiger partial charge >= 0.3 is 0 Å². The second kappa shape index (κ2) is 3.73. The molecule has 0 aliphatic heterocycles. The highest BCUT2D eigenvalue weighted by atomic mass is 16.1. The second-order valence-corrected chi connectivity index (χ2v) is 3.45. The molecule has 1 aromatic carbocycles. The van der Waals surface area contributed by atoms with E-state index in [0.717, 1.165) is 18.5 Å². The number of aryl methyl sites for hydroxylation is 1. The number of fused-ring (bicyclic) bond motifs is 1. The number of aromatic nitrogens is 2. The van der Waals surface area contributed by atoms with E-state index < -0.39 is 0 Å². The lowest BCUT2D eigenvalue weighted by Crippen LogP contribution is -2.18. The minimum Gasteiger partial charge on any atom is -0.379 e. The van der Waals surface area contributed by atoms with Crippen molar-refractivity contribution >= 4 is 16.7 Å². The quantitative estimate of drug-likeness (QED) is 0.802. The highest BCUT2D eigenvalue weighted by molar-refractivity contribution is 5.80. The Balaban J connectivity index is 2.82. The van der Waals surface area contributed by atoms with E-state index in [4.69, 9.17) is 5.73 Å². The van der Waals surface area contributed by atoms with Crippen LogP contribution in [-0.4, -0.2) is 9.78 Å². The van der Waals surface area contributed by atoms with Gasteiger partial charge in [0.1, 0.15) is 0 Å². The Morgan fingerprint density at radius 3 is 2.87 bits per heavy atom. The number of benzene rings is 1. The summed E-state index contributed by atoms with van der Waals surface area (Å²) in [5, 5.41) is 4.71. The fraction of sp³-hybridized carbons (Fsp3) is 0.273. The van der Waals surface area contributed by atoms with E-state index in [9.17, 15) is 4.79 Å². The molecular weight excluding hydrogens is 190 g/mol. The SMILES string of the molecule is CCCn1nc(N)c(=O)c2ccccc21. The van der Waals surface area contributed by atoms with Crippen molar-refractivity contribution in [2.75, 3.05) is 5.73 Å². The second-order valence-electron chi connectivity index (χ2n) is 3.45. The number of hydrogen-bond donors (Lipinski definition) is 1. The van der Waals surface area contributed by atoms with Crippen molar-refractivity contribution in [3.05, 3.63) is 34.5 Å². The molecule has 15 heavy (non-hydrogen) atoms. The Morgan fingerprint density at radius 2 is 2.13 bits per heavy atom. The van der Waals surface area contributed by atoms with Crippen LogP contribution in [0.1, 0.15) is 13.3 Å². The van der Waals surface area contributed by atoms with Crippen LogP contribution in [0.25, 0.3) is 10.9 Å². The summed E-state index contributed by atoms with van der Waals surface area (Å²) in [5.41, 5.74) is 6.24. The molecule has 0 unspecified atom stereocenters. The molecule has 0 amide bonds. The van der Waals surface area contributed by atoms with E-state index in [1.165, 1.54) is 0 Å². The fourth-order valence-corrected chi connectivity index (χ4v) is 1.64. The predicted molar refractivity (Wildman–Crippen MR) is 60.7 cm³/mol. The molecule has 0 radical (unpaired) electrons. The topological polar surface area (TPSA) is 60.9 Å². The number of nitrogen functional groups attached to an aromatic ring is 1. The lowest BCUT2D eigenvalue weighted by Gasteiger charge is -2.08. The molecule has 2 N–H and O–H groups in total. The summed E-state index contributed by atoms with van der Waals surface area (Å²) in [4.78, 5) is 11.7. The normalized spacial score (nSPS) is 10.7. The van der Waals surface area contributed by atoms with Gasteiger partial charge in [0.05, 0.1) is 10.9 Å². The zero-order valence-corrected chi connectivity index (χ0v) is 8.60. The van der Waals surface area contributed by atoms with Gasteiger partial charge in [-0.2, -0.15) is 5.10 Å². The third kappa shape index (κ3) is 1.58. The van der Waals surface area contributed by atoms with Crippen LogP contribution in [0.2, 0.25) is 0 Å². The van der Waals surface area contributed by atoms with Crippen molar-refractivity contribution in [3.63, 3.8) is 0 Å². The molecule has 0 fully saturated rings. The van der Waals surface area contributed by atoms with Gasteiger partial charge in [-0.25, -0.2) is 0 Å². The first-order valence-corrected chi connectivity index (χ1v) is 4.99. The maximum absolute atomic E-state index is 11.7. The first-order chi connectivity index (χ1) is 7.24. The standard InChI is InChI=1S/C11H13N3O/c1-2-7-14-9-6-4-3-5-8(9)10(15)11(12)13-14/h3-6H,2,7H2,1H3,(H2,12,13). The summed E-state index contributed by atoms with van der Waals surface area (Å²) in [7, 11) is 0. The highest BCUT2D eigenvalue weighted by Crippen LogP contribution is 2.10. The molecule has 78 valence electrons. The zero-order valence-electron chi connectivity index (χ0n) is 8.60. The lowest BCUT2D eigenvalue weighted by molar-refractivity contribution is 0.615. The number of para-hydroxylation sites is 1. The summed E-state index contributed by atoms with van der Waals surface area (Å²) in [6, 6.07) is 7.39. The van der Waals surface area contributed by atoms with Crippen LogP contribution in [0.15, 0.2) is 29.1 Å². The van der Waals surface area contributed by atoms with Gasteiger partial charge in [0.2, 0.25) is 5.43 Å². The Bertz CT molecular complexity index is 545. The number of anilines is 1. The van der Waals surface area contributed by atoms with Gasteiger partial charge < -0.3 is 5.73 Å². The largest absolute Gasteiger partial charge is 0.379 e. The van der Waals surface area contributed by atoms with Crippen LogP contribution in [0.3, 0.4) is 0 Å². The monoisotopic (exact) mass is 203 g/mol. The lowest BCUT2D eigenvalue weighted by atomic mass is 10.2. The first kappa shape index (κ1) is 9.71. The number of nitrogens with zero attached hydrogens (tertiary/aromatic N) is 2. The fourth-order valence-electron chi connectivity index (χ4n) is 1.64. The molecular formula is C11H13N3O. The van der Waals surface area contributed by atoms with E-state index in [-0.39, 0.29) is 11.2 Å². The van der Waals surface area contributed by atoms with E-state index in [1.54, 1.807) is 10.7 Å². The molecule has 0 bridgehead atoms. The van der Waals surface area contributed by atoms with Crippen LogP contribution in [0, 0.1) is 0 Å². The van der Waals surface area contributed by atoms with Gasteiger partial charge in [0.25, 0.3) is 0 Å². The van der Waals surface area contributed by atoms with E-state index in [0.29, 0.717) is 5.39 Å². The van der Waals surface area contributed by atoms with Crippen molar-refractivity contribution in [2.24, 2.45) is 0 Å². The van der Waals surface area contributed by atoms with Crippen molar-refractivity contribution in [2.45, 2.75) is 19.9 Å². The predicted octanol–water partition coefficient (Wildman–Crippen LogP) is 1.39. The van der Waals surface area contributed by atoms with Gasteiger partial charge in [-0.3, -0.25) is 9.48 Å².